The fourth-order valence-electron chi connectivity index (χ4n) is 8.95. The molecule has 3 aromatic rings. The molecule has 3 aromatic carbocycles. The molecule has 0 spiro atoms. The maximum atomic E-state index is 14.8. The quantitative estimate of drug-likeness (QED) is 0.0176. The van der Waals surface area contributed by atoms with Crippen LogP contribution in [0.1, 0.15) is 81.9 Å². The highest BCUT2D eigenvalue weighted by Gasteiger charge is 2.40. The van der Waals surface area contributed by atoms with Crippen molar-refractivity contribution < 1.29 is 48.3 Å². The van der Waals surface area contributed by atoms with Crippen LogP contribution in [-0.2, 0) is 62.4 Å². The minimum atomic E-state index is -1.50. The molecule has 4 rings (SSSR count). The van der Waals surface area contributed by atoms with Crippen molar-refractivity contribution in [3.05, 3.63) is 102 Å². The summed E-state index contributed by atoms with van der Waals surface area (Å²) in [7, 11) is 0. The molecule has 80 heavy (non-hydrogen) atoms. The van der Waals surface area contributed by atoms with Gasteiger partial charge in [-0.25, -0.2) is 0 Å². The second-order valence-electron chi connectivity index (χ2n) is 20.1. The van der Waals surface area contributed by atoms with Crippen molar-refractivity contribution in [2.24, 2.45) is 34.6 Å². The lowest BCUT2D eigenvalue weighted by Crippen LogP contribution is -2.60. The average Bonchev–Trinajstić information content (AvgIpc) is 3.91. The van der Waals surface area contributed by atoms with Gasteiger partial charge in [0.15, 0.2) is 11.9 Å². The van der Waals surface area contributed by atoms with E-state index in [0.29, 0.717) is 23.1 Å². The lowest BCUT2D eigenvalue weighted by Gasteiger charge is -2.31. The zero-order valence-corrected chi connectivity index (χ0v) is 45.1. The topological polar surface area (TPSA) is 451 Å². The van der Waals surface area contributed by atoms with Crippen LogP contribution in [0.2, 0.25) is 0 Å². The highest BCUT2D eigenvalue weighted by atomic mass is 16.3. The molecule has 1 saturated heterocycles. The van der Waals surface area contributed by atoms with Crippen LogP contribution in [-0.4, -0.2) is 143 Å². The predicted molar refractivity (Wildman–Crippen MR) is 297 cm³/mol. The van der Waals surface area contributed by atoms with Crippen molar-refractivity contribution >= 4 is 65.1 Å². The molecule has 8 unspecified atom stereocenters. The van der Waals surface area contributed by atoms with Gasteiger partial charge in [0.2, 0.25) is 53.2 Å². The summed E-state index contributed by atoms with van der Waals surface area (Å²) in [4.78, 5) is 125. The summed E-state index contributed by atoms with van der Waals surface area (Å²) in [5.74, 6) is -7.96. The largest absolute Gasteiger partial charge is 0.508 e. The number of aromatic hydroxyl groups is 1. The SMILES string of the molecule is CC(C)CC(NC(=O)C(Cc1ccccc1)NC(=O)C(N)Cc1ccc(O)cc1)C(=O)NC(Cc1ccccc1)C(=O)NC(CCCNC(=N)N)C(=O)N1CCCC1C(=O)NC(CCCNC(=N)N)C(=O)NC(CC(N)=O)C(N)=O. The number of amides is 9. The van der Waals surface area contributed by atoms with Crippen molar-refractivity contribution in [1.82, 2.24) is 47.4 Å². The third-order valence-corrected chi connectivity index (χ3v) is 13.0. The second kappa shape index (κ2) is 32.2. The molecule has 26 nitrogen and oxygen atoms in total. The minimum absolute atomic E-state index is 0.0297. The fraction of sp³-hybridized carbons (Fsp3) is 0.463. The van der Waals surface area contributed by atoms with Crippen LogP contribution in [0.25, 0.3) is 0 Å². The lowest BCUT2D eigenvalue weighted by molar-refractivity contribution is -0.142. The summed E-state index contributed by atoms with van der Waals surface area (Å²) in [6, 6.07) is 13.6. The summed E-state index contributed by atoms with van der Waals surface area (Å²) in [5.41, 5.74) is 29.9. The first-order valence-electron chi connectivity index (χ1n) is 26.5. The van der Waals surface area contributed by atoms with E-state index in [9.17, 15) is 48.3 Å². The zero-order valence-electron chi connectivity index (χ0n) is 45.1. The summed E-state index contributed by atoms with van der Waals surface area (Å²) < 4.78 is 0. The Hall–Kier alpha value is -8.81. The standard InChI is InChI=1S/C54H78N16O10/c1-31(2)26-40(68-50(78)41(28-32-12-5-3-6-13-32)67-46(74)36(55)27-34-19-21-35(71)22-20-34)48(76)69-42(29-33-14-7-4-8-15-33)49(77)65-38(17-10-24-63-54(60)61)52(80)70-25-11-18-43(70)51(79)64-37(16-9-23-62-53(58)59)47(75)66-39(45(57)73)30-44(56)72/h3-8,12-15,19-22,31,36-43,71H,9-11,16-18,23-30,55H2,1-2H3,(H2,56,72)(H2,57,73)(H,64,79)(H,65,77)(H,66,75)(H,67,74)(H,68,78)(H,69,76)(H4,58,59,62)(H4,60,61,63). The monoisotopic (exact) mass is 1110 g/mol. The van der Waals surface area contributed by atoms with Crippen molar-refractivity contribution in [3.8, 4) is 5.75 Å². The smallest absolute Gasteiger partial charge is 0.245 e. The van der Waals surface area contributed by atoms with E-state index in [4.69, 9.17) is 39.5 Å². The van der Waals surface area contributed by atoms with Gasteiger partial charge in [-0.15, -0.1) is 0 Å². The van der Waals surface area contributed by atoms with Crippen LogP contribution >= 0.6 is 0 Å². The highest BCUT2D eigenvalue weighted by molar-refractivity contribution is 5.98. The number of phenols is 1. The number of likely N-dealkylation sites (tertiary alicyclic amines) is 1. The third-order valence-electron chi connectivity index (χ3n) is 13.0. The van der Waals surface area contributed by atoms with Crippen molar-refractivity contribution in [1.29, 1.82) is 10.8 Å². The van der Waals surface area contributed by atoms with E-state index in [0.717, 1.165) is 0 Å². The van der Waals surface area contributed by atoms with Crippen LogP contribution in [0.15, 0.2) is 84.9 Å². The van der Waals surface area contributed by atoms with Crippen LogP contribution in [0.5, 0.6) is 5.75 Å². The molecule has 1 aliphatic heterocycles. The molecule has 21 N–H and O–H groups in total. The normalized spacial score (nSPS) is 15.5. The number of carbonyl (C=O) groups excluding carboxylic acids is 9. The third kappa shape index (κ3) is 21.9. The lowest BCUT2D eigenvalue weighted by atomic mass is 9.99. The van der Waals surface area contributed by atoms with Gasteiger partial charge < -0.3 is 81.2 Å². The molecule has 9 amide bonds. The Balaban J connectivity index is 1.61. The van der Waals surface area contributed by atoms with Crippen LogP contribution < -0.4 is 71.2 Å². The first-order chi connectivity index (χ1) is 38.0. The van der Waals surface area contributed by atoms with E-state index in [2.05, 4.69) is 42.5 Å². The van der Waals surface area contributed by atoms with Gasteiger partial charge in [0.05, 0.1) is 12.5 Å². The summed E-state index contributed by atoms with van der Waals surface area (Å²) in [6.07, 6.45) is 0.301. The molecule has 0 radical (unpaired) electrons. The molecule has 26 heteroatoms. The summed E-state index contributed by atoms with van der Waals surface area (Å²) >= 11 is 0. The van der Waals surface area contributed by atoms with Gasteiger partial charge in [0, 0.05) is 32.5 Å². The van der Waals surface area contributed by atoms with Gasteiger partial charge in [-0.05, 0) is 86.1 Å². The molecule has 0 aromatic heterocycles. The predicted octanol–water partition coefficient (Wildman–Crippen LogP) is -2.42. The first kappa shape index (κ1) is 63.7. The average molecular weight is 1110 g/mol. The van der Waals surface area contributed by atoms with E-state index in [-0.39, 0.29) is 101 Å². The number of guanidine groups is 2. The van der Waals surface area contributed by atoms with E-state index in [1.54, 1.807) is 72.8 Å². The molecule has 434 valence electrons. The number of primary amides is 2. The summed E-state index contributed by atoms with van der Waals surface area (Å²) in [5, 5.41) is 46.3. The Morgan fingerprint density at radius 1 is 0.575 bits per heavy atom. The van der Waals surface area contributed by atoms with Gasteiger partial charge in [-0.2, -0.15) is 0 Å². The van der Waals surface area contributed by atoms with Crippen molar-refractivity contribution in [3.63, 3.8) is 0 Å². The molecule has 1 aliphatic rings. The molecular formula is C54H78N16O10. The van der Waals surface area contributed by atoms with Crippen molar-refractivity contribution in [2.45, 2.75) is 133 Å². The number of carbonyl (C=O) groups is 9. The number of benzene rings is 3. The highest BCUT2D eigenvalue weighted by Crippen LogP contribution is 2.21. The molecule has 1 fully saturated rings. The number of nitrogens with one attached hydrogen (secondary N) is 10. The van der Waals surface area contributed by atoms with Gasteiger partial charge in [-0.1, -0.05) is 86.6 Å². The number of phenolic OH excluding ortho intramolecular Hbond substituents is 1. The molecule has 0 aliphatic carbocycles. The van der Waals surface area contributed by atoms with Crippen LogP contribution in [0.3, 0.4) is 0 Å². The molecular weight excluding hydrogens is 1030 g/mol. The molecule has 0 bridgehead atoms. The maximum absolute atomic E-state index is 14.8. The van der Waals surface area contributed by atoms with Crippen LogP contribution in [0, 0.1) is 16.7 Å². The Morgan fingerprint density at radius 3 is 1.52 bits per heavy atom. The van der Waals surface area contributed by atoms with Gasteiger partial charge >= 0.3 is 0 Å². The number of nitrogens with two attached hydrogens (primary N) is 5. The maximum Gasteiger partial charge on any atom is 0.245 e. The van der Waals surface area contributed by atoms with Crippen molar-refractivity contribution in [2.75, 3.05) is 19.6 Å². The molecule has 1 heterocycles. The fourth-order valence-corrected chi connectivity index (χ4v) is 8.95. The second-order valence-corrected chi connectivity index (χ2v) is 20.1. The minimum Gasteiger partial charge on any atom is -0.508 e. The van der Waals surface area contributed by atoms with Crippen LogP contribution in [0.4, 0.5) is 0 Å². The number of rotatable bonds is 32. The van der Waals surface area contributed by atoms with Gasteiger partial charge in [0.25, 0.3) is 0 Å². The Bertz CT molecular complexity index is 2610. The molecule has 0 saturated carbocycles. The number of nitrogens with zero attached hydrogens (tertiary/aromatic N) is 1. The van der Waals surface area contributed by atoms with E-state index < -0.39 is 108 Å². The summed E-state index contributed by atoms with van der Waals surface area (Å²) in [6.45, 7) is 3.98. The first-order valence-corrected chi connectivity index (χ1v) is 26.5. The number of hydrogen-bond donors (Lipinski definition) is 16. The van der Waals surface area contributed by atoms with E-state index >= 15 is 0 Å². The van der Waals surface area contributed by atoms with Gasteiger partial charge in [-0.3, -0.25) is 54.0 Å². The Kier molecular flexibility index (Phi) is 25.6. The number of hydrogen-bond acceptors (Lipinski definition) is 13. The Morgan fingerprint density at radius 2 is 1.02 bits per heavy atom. The van der Waals surface area contributed by atoms with Gasteiger partial charge in [0.1, 0.15) is 48.0 Å². The van der Waals surface area contributed by atoms with E-state index in [1.807, 2.05) is 13.8 Å². The van der Waals surface area contributed by atoms with E-state index in [1.165, 1.54) is 17.0 Å². The Labute approximate surface area is 464 Å². The zero-order chi connectivity index (χ0) is 58.9. The molecule has 8 atom stereocenters.